The van der Waals surface area contributed by atoms with Crippen molar-refractivity contribution in [1.82, 2.24) is 9.80 Å². The number of aliphatic carboxylic acids is 1. The lowest BCUT2D eigenvalue weighted by Crippen LogP contribution is -2.53. The first-order valence-corrected chi connectivity index (χ1v) is 6.95. The maximum Gasteiger partial charge on any atom is 0.408 e. The van der Waals surface area contributed by atoms with Gasteiger partial charge in [0.15, 0.2) is 0 Å². The number of carbonyl (C=O) groups is 2. The summed E-state index contributed by atoms with van der Waals surface area (Å²) in [6, 6.07) is 9.05. The van der Waals surface area contributed by atoms with Crippen LogP contribution in [0.3, 0.4) is 0 Å². The molecule has 0 bridgehead atoms. The van der Waals surface area contributed by atoms with Gasteiger partial charge in [0.2, 0.25) is 0 Å². The van der Waals surface area contributed by atoms with Gasteiger partial charge >= 0.3 is 12.1 Å². The van der Waals surface area contributed by atoms with E-state index in [0.717, 1.165) is 17.0 Å². The summed E-state index contributed by atoms with van der Waals surface area (Å²) in [6.07, 6.45) is -0.184. The summed E-state index contributed by atoms with van der Waals surface area (Å²) in [5.41, 5.74) is 1.16. The van der Waals surface area contributed by atoms with Gasteiger partial charge in [-0.25, -0.2) is 9.59 Å². The lowest BCUT2D eigenvalue weighted by atomic mass is 9.96. The molecule has 114 valence electrons. The van der Waals surface area contributed by atoms with E-state index in [1.54, 1.807) is 0 Å². The van der Waals surface area contributed by atoms with Crippen LogP contribution in [0.2, 0.25) is 0 Å². The van der Waals surface area contributed by atoms with Crippen molar-refractivity contribution >= 4 is 12.1 Å². The van der Waals surface area contributed by atoms with Crippen LogP contribution in [0.5, 0.6) is 0 Å². The standard InChI is InChI=1S/C15H20N2O4/c1-16(10-11-5-3-2-4-6-11)12-7-8-17(15(20)21)13(9-12)14(18)19/h2-6,12-13H,7-10H2,1H3,(H,18,19)(H,20,21)/t12-,13+/m1/s1. The Morgan fingerprint density at radius 3 is 2.52 bits per heavy atom. The monoisotopic (exact) mass is 292 g/mol. The van der Waals surface area contributed by atoms with Gasteiger partial charge in [0.25, 0.3) is 0 Å². The fourth-order valence-corrected chi connectivity index (χ4v) is 2.81. The fourth-order valence-electron chi connectivity index (χ4n) is 2.81. The first-order valence-electron chi connectivity index (χ1n) is 6.95. The molecule has 2 N–H and O–H groups in total. The normalized spacial score (nSPS) is 22.3. The predicted octanol–water partition coefficient (Wildman–Crippen LogP) is 1.71. The average molecular weight is 292 g/mol. The van der Waals surface area contributed by atoms with Crippen molar-refractivity contribution in [2.75, 3.05) is 13.6 Å². The molecule has 21 heavy (non-hydrogen) atoms. The molecule has 1 saturated heterocycles. The third-order valence-electron chi connectivity index (χ3n) is 4.00. The molecule has 0 unspecified atom stereocenters. The van der Waals surface area contributed by atoms with E-state index in [1.807, 2.05) is 37.4 Å². The molecule has 0 radical (unpaired) electrons. The van der Waals surface area contributed by atoms with Gasteiger partial charge in [-0.1, -0.05) is 30.3 Å². The molecule has 6 heteroatoms. The highest BCUT2D eigenvalue weighted by Crippen LogP contribution is 2.23. The van der Waals surface area contributed by atoms with Crippen molar-refractivity contribution in [3.05, 3.63) is 35.9 Å². The van der Waals surface area contributed by atoms with Crippen molar-refractivity contribution in [2.24, 2.45) is 0 Å². The Labute approximate surface area is 123 Å². The zero-order chi connectivity index (χ0) is 15.4. The molecule has 1 amide bonds. The zero-order valence-electron chi connectivity index (χ0n) is 12.0. The average Bonchev–Trinajstić information content (AvgIpc) is 2.47. The lowest BCUT2D eigenvalue weighted by Gasteiger charge is -2.39. The van der Waals surface area contributed by atoms with Crippen LogP contribution in [0.25, 0.3) is 0 Å². The Bertz CT molecular complexity index is 506. The summed E-state index contributed by atoms with van der Waals surface area (Å²) >= 11 is 0. The Balaban J connectivity index is 2.01. The number of hydrogen-bond donors (Lipinski definition) is 2. The van der Waals surface area contributed by atoms with E-state index >= 15 is 0 Å². The van der Waals surface area contributed by atoms with E-state index in [4.69, 9.17) is 5.11 Å². The van der Waals surface area contributed by atoms with Crippen LogP contribution in [-0.2, 0) is 11.3 Å². The van der Waals surface area contributed by atoms with Gasteiger partial charge in [0.1, 0.15) is 6.04 Å². The fraction of sp³-hybridized carbons (Fsp3) is 0.467. The van der Waals surface area contributed by atoms with E-state index in [1.165, 1.54) is 0 Å². The predicted molar refractivity (Wildman–Crippen MR) is 77.1 cm³/mol. The van der Waals surface area contributed by atoms with Crippen molar-refractivity contribution < 1.29 is 19.8 Å². The van der Waals surface area contributed by atoms with Crippen LogP contribution in [0.1, 0.15) is 18.4 Å². The minimum Gasteiger partial charge on any atom is -0.480 e. The van der Waals surface area contributed by atoms with Gasteiger partial charge < -0.3 is 10.2 Å². The molecule has 1 heterocycles. The number of piperidine rings is 1. The quantitative estimate of drug-likeness (QED) is 0.883. The van der Waals surface area contributed by atoms with Gasteiger partial charge in [-0.2, -0.15) is 0 Å². The molecular formula is C15H20N2O4. The minimum atomic E-state index is -1.16. The maximum absolute atomic E-state index is 11.3. The van der Waals surface area contributed by atoms with E-state index < -0.39 is 18.1 Å². The third-order valence-corrected chi connectivity index (χ3v) is 4.00. The first-order chi connectivity index (χ1) is 9.99. The summed E-state index contributed by atoms with van der Waals surface area (Å²) in [4.78, 5) is 25.5. The van der Waals surface area contributed by atoms with Gasteiger partial charge in [-0.15, -0.1) is 0 Å². The molecule has 0 aliphatic carbocycles. The number of hydrogen-bond acceptors (Lipinski definition) is 3. The van der Waals surface area contributed by atoms with E-state index in [-0.39, 0.29) is 12.6 Å². The van der Waals surface area contributed by atoms with Crippen LogP contribution in [0.4, 0.5) is 4.79 Å². The summed E-state index contributed by atoms with van der Waals surface area (Å²) in [5, 5.41) is 18.3. The second-order valence-corrected chi connectivity index (χ2v) is 5.41. The number of amides is 1. The molecule has 1 aliphatic heterocycles. The molecule has 2 atom stereocenters. The minimum absolute atomic E-state index is 0.0712. The number of nitrogens with zero attached hydrogens (tertiary/aromatic N) is 2. The summed E-state index contributed by atoms with van der Waals surface area (Å²) in [5.74, 6) is -1.07. The molecular weight excluding hydrogens is 272 g/mol. The van der Waals surface area contributed by atoms with Crippen molar-refractivity contribution in [3.8, 4) is 0 Å². The van der Waals surface area contributed by atoms with Gasteiger partial charge in [-0.3, -0.25) is 9.80 Å². The number of carboxylic acid groups (broad SMARTS) is 2. The Morgan fingerprint density at radius 2 is 1.95 bits per heavy atom. The number of benzene rings is 1. The van der Waals surface area contributed by atoms with Crippen LogP contribution in [0, 0.1) is 0 Å². The highest BCUT2D eigenvalue weighted by atomic mass is 16.4. The second-order valence-electron chi connectivity index (χ2n) is 5.41. The smallest absolute Gasteiger partial charge is 0.408 e. The molecule has 1 aromatic carbocycles. The topological polar surface area (TPSA) is 81.1 Å². The van der Waals surface area contributed by atoms with Gasteiger partial charge in [0, 0.05) is 19.1 Å². The first kappa shape index (κ1) is 15.3. The molecule has 6 nitrogen and oxygen atoms in total. The summed E-state index contributed by atoms with van der Waals surface area (Å²) in [7, 11) is 1.95. The zero-order valence-corrected chi connectivity index (χ0v) is 12.0. The van der Waals surface area contributed by atoms with Crippen molar-refractivity contribution in [1.29, 1.82) is 0 Å². The third kappa shape index (κ3) is 3.72. The van der Waals surface area contributed by atoms with E-state index in [9.17, 15) is 14.7 Å². The maximum atomic E-state index is 11.3. The van der Waals surface area contributed by atoms with Crippen LogP contribution < -0.4 is 0 Å². The number of likely N-dealkylation sites (tertiary alicyclic amines) is 1. The molecule has 0 aromatic heterocycles. The van der Waals surface area contributed by atoms with E-state index in [2.05, 4.69) is 4.90 Å². The second kappa shape index (κ2) is 6.58. The Kier molecular flexibility index (Phi) is 4.80. The van der Waals surface area contributed by atoms with Gasteiger partial charge in [0.05, 0.1) is 0 Å². The largest absolute Gasteiger partial charge is 0.480 e. The van der Waals surface area contributed by atoms with Gasteiger partial charge in [-0.05, 0) is 25.5 Å². The number of carboxylic acids is 1. The molecule has 1 aliphatic rings. The highest BCUT2D eigenvalue weighted by molar-refractivity contribution is 5.79. The SMILES string of the molecule is CN(Cc1ccccc1)[C@@H]1CCN(C(=O)O)[C@H](C(=O)O)C1. The van der Waals surface area contributed by atoms with E-state index in [0.29, 0.717) is 12.8 Å². The molecule has 0 spiro atoms. The molecule has 0 saturated carbocycles. The van der Waals surface area contributed by atoms with Crippen molar-refractivity contribution in [2.45, 2.75) is 31.5 Å². The summed E-state index contributed by atoms with van der Waals surface area (Å²) in [6.45, 7) is 0.987. The van der Waals surface area contributed by atoms with Crippen molar-refractivity contribution in [3.63, 3.8) is 0 Å². The molecule has 1 aromatic rings. The Morgan fingerprint density at radius 1 is 1.29 bits per heavy atom. The lowest BCUT2D eigenvalue weighted by molar-refractivity contribution is -0.144. The van der Waals surface area contributed by atoms with Crippen LogP contribution in [0.15, 0.2) is 30.3 Å². The van der Waals surface area contributed by atoms with Crippen LogP contribution >= 0.6 is 0 Å². The highest BCUT2D eigenvalue weighted by Gasteiger charge is 2.37. The molecule has 2 rings (SSSR count). The summed E-state index contributed by atoms with van der Waals surface area (Å²) < 4.78 is 0. The van der Waals surface area contributed by atoms with Crippen LogP contribution in [-0.4, -0.2) is 57.8 Å². The number of rotatable bonds is 4. The Hall–Kier alpha value is -2.08. The molecule has 1 fully saturated rings.